The predicted octanol–water partition coefficient (Wildman–Crippen LogP) is 3.05. The van der Waals surface area contributed by atoms with Crippen molar-refractivity contribution in [1.29, 1.82) is 0 Å². The van der Waals surface area contributed by atoms with Gasteiger partial charge >= 0.3 is 0 Å². The van der Waals surface area contributed by atoms with E-state index in [2.05, 4.69) is 13.8 Å². The first-order chi connectivity index (χ1) is 8.88. The lowest BCUT2D eigenvalue weighted by Gasteiger charge is -2.17. The molecule has 1 saturated heterocycles. The van der Waals surface area contributed by atoms with Gasteiger partial charge in [-0.05, 0) is 31.7 Å². The van der Waals surface area contributed by atoms with Crippen LogP contribution in [0.3, 0.4) is 0 Å². The number of likely N-dealkylation sites (tertiary alicyclic amines) is 1. The number of rotatable bonds is 4. The van der Waals surface area contributed by atoms with Crippen LogP contribution in [0.5, 0.6) is 0 Å². The Hall–Kier alpha value is -1.16. The molecule has 104 valence electrons. The van der Waals surface area contributed by atoms with E-state index in [0.29, 0.717) is 18.3 Å². The van der Waals surface area contributed by atoms with Crippen molar-refractivity contribution in [3.8, 4) is 0 Å². The largest absolute Gasteiger partial charge is 0.335 e. The standard InChI is InChI=1S/C15H21NO2S/c1-9(2)12-6-15(18)16(7-12)8-14(17)13-5-10(3)19-11(13)4/h5,9,12H,6-8H2,1-4H3. The Bertz CT molecular complexity index is 504. The maximum Gasteiger partial charge on any atom is 0.223 e. The fourth-order valence-electron chi connectivity index (χ4n) is 2.57. The highest BCUT2D eigenvalue weighted by Crippen LogP contribution is 2.26. The van der Waals surface area contributed by atoms with Crippen molar-refractivity contribution in [1.82, 2.24) is 4.90 Å². The molecular formula is C15H21NO2S. The summed E-state index contributed by atoms with van der Waals surface area (Å²) in [7, 11) is 0. The molecule has 0 N–H and O–H groups in total. The summed E-state index contributed by atoms with van der Waals surface area (Å²) in [6.07, 6.45) is 0.590. The highest BCUT2D eigenvalue weighted by molar-refractivity contribution is 7.12. The van der Waals surface area contributed by atoms with Gasteiger partial charge in [-0.2, -0.15) is 0 Å². The Morgan fingerprint density at radius 1 is 1.47 bits per heavy atom. The number of hydrogen-bond acceptors (Lipinski definition) is 3. The average molecular weight is 279 g/mol. The van der Waals surface area contributed by atoms with Crippen molar-refractivity contribution in [2.45, 2.75) is 34.1 Å². The second-order valence-corrected chi connectivity index (χ2v) is 7.19. The van der Waals surface area contributed by atoms with Crippen molar-refractivity contribution < 1.29 is 9.59 Å². The number of hydrogen-bond donors (Lipinski definition) is 0. The fourth-order valence-corrected chi connectivity index (χ4v) is 3.51. The molecule has 19 heavy (non-hydrogen) atoms. The molecule has 1 aromatic rings. The Morgan fingerprint density at radius 3 is 2.63 bits per heavy atom. The third kappa shape index (κ3) is 3.06. The SMILES string of the molecule is Cc1cc(C(=O)CN2CC(C(C)C)CC2=O)c(C)s1. The number of Topliss-reactive ketones (excluding diaryl/α,β-unsaturated/α-hetero) is 1. The molecule has 0 saturated carbocycles. The van der Waals surface area contributed by atoms with Crippen molar-refractivity contribution in [2.24, 2.45) is 11.8 Å². The molecule has 1 unspecified atom stereocenters. The highest BCUT2D eigenvalue weighted by Gasteiger charge is 2.32. The van der Waals surface area contributed by atoms with Crippen molar-refractivity contribution in [3.05, 3.63) is 21.4 Å². The maximum atomic E-state index is 12.3. The molecule has 0 spiro atoms. The monoisotopic (exact) mass is 279 g/mol. The van der Waals surface area contributed by atoms with E-state index in [0.717, 1.165) is 21.9 Å². The molecule has 1 aromatic heterocycles. The van der Waals surface area contributed by atoms with Gasteiger partial charge in [0.15, 0.2) is 5.78 Å². The van der Waals surface area contributed by atoms with E-state index in [1.807, 2.05) is 19.9 Å². The van der Waals surface area contributed by atoms with Crippen LogP contribution in [0.4, 0.5) is 0 Å². The van der Waals surface area contributed by atoms with Crippen LogP contribution in [0.25, 0.3) is 0 Å². The zero-order chi connectivity index (χ0) is 14.2. The summed E-state index contributed by atoms with van der Waals surface area (Å²) in [4.78, 5) is 28.1. The van der Waals surface area contributed by atoms with Crippen LogP contribution >= 0.6 is 11.3 Å². The summed E-state index contributed by atoms with van der Waals surface area (Å²) in [5.41, 5.74) is 0.781. The molecule has 1 fully saturated rings. The number of carbonyl (C=O) groups excluding carboxylic acids is 2. The average Bonchev–Trinajstić information content (AvgIpc) is 2.83. The second-order valence-electron chi connectivity index (χ2n) is 5.73. The first-order valence-electron chi connectivity index (χ1n) is 6.76. The molecule has 2 rings (SSSR count). The van der Waals surface area contributed by atoms with Crippen LogP contribution < -0.4 is 0 Å². The minimum Gasteiger partial charge on any atom is -0.335 e. The maximum absolute atomic E-state index is 12.3. The van der Waals surface area contributed by atoms with Gasteiger partial charge in [-0.3, -0.25) is 9.59 Å². The summed E-state index contributed by atoms with van der Waals surface area (Å²) < 4.78 is 0. The van der Waals surface area contributed by atoms with Crippen LogP contribution in [0.15, 0.2) is 6.07 Å². The van der Waals surface area contributed by atoms with E-state index in [1.54, 1.807) is 16.2 Å². The molecule has 2 heterocycles. The van der Waals surface area contributed by atoms with Gasteiger partial charge in [-0.1, -0.05) is 13.8 Å². The minimum atomic E-state index is 0.0691. The predicted molar refractivity (Wildman–Crippen MR) is 77.6 cm³/mol. The zero-order valence-electron chi connectivity index (χ0n) is 12.0. The van der Waals surface area contributed by atoms with Crippen molar-refractivity contribution >= 4 is 23.0 Å². The molecule has 0 radical (unpaired) electrons. The molecule has 1 amide bonds. The number of aryl methyl sites for hydroxylation is 2. The summed E-state index contributed by atoms with van der Waals surface area (Å²) in [5, 5.41) is 0. The van der Waals surface area contributed by atoms with E-state index in [9.17, 15) is 9.59 Å². The van der Waals surface area contributed by atoms with Crippen LogP contribution in [0.2, 0.25) is 0 Å². The fraction of sp³-hybridized carbons (Fsp3) is 0.600. The molecule has 0 aromatic carbocycles. The lowest BCUT2D eigenvalue weighted by molar-refractivity contribution is -0.127. The number of carbonyl (C=O) groups is 2. The minimum absolute atomic E-state index is 0.0691. The smallest absolute Gasteiger partial charge is 0.223 e. The second kappa shape index (κ2) is 5.45. The topological polar surface area (TPSA) is 37.4 Å². The Morgan fingerprint density at radius 2 is 2.16 bits per heavy atom. The zero-order valence-corrected chi connectivity index (χ0v) is 12.8. The van der Waals surface area contributed by atoms with E-state index < -0.39 is 0 Å². The highest BCUT2D eigenvalue weighted by atomic mass is 32.1. The lowest BCUT2D eigenvalue weighted by Crippen LogP contribution is -2.31. The first kappa shape index (κ1) is 14.3. The summed E-state index contributed by atoms with van der Waals surface area (Å²) in [6, 6.07) is 1.93. The van der Waals surface area contributed by atoms with E-state index in [4.69, 9.17) is 0 Å². The molecule has 1 aliphatic rings. The molecule has 3 nitrogen and oxygen atoms in total. The summed E-state index contributed by atoms with van der Waals surface area (Å²) in [6.45, 7) is 9.20. The van der Waals surface area contributed by atoms with Gasteiger partial charge in [0.05, 0.1) is 6.54 Å². The van der Waals surface area contributed by atoms with Crippen molar-refractivity contribution in [2.75, 3.05) is 13.1 Å². The molecule has 4 heteroatoms. The van der Waals surface area contributed by atoms with Gasteiger partial charge in [0.2, 0.25) is 5.91 Å². The van der Waals surface area contributed by atoms with Gasteiger partial charge in [-0.25, -0.2) is 0 Å². The van der Waals surface area contributed by atoms with Gasteiger partial charge in [0.1, 0.15) is 0 Å². The molecule has 1 aliphatic heterocycles. The summed E-state index contributed by atoms with van der Waals surface area (Å²) in [5.74, 6) is 1.08. The van der Waals surface area contributed by atoms with Crippen LogP contribution in [-0.4, -0.2) is 29.7 Å². The van der Waals surface area contributed by atoms with Crippen LogP contribution in [0, 0.1) is 25.7 Å². The van der Waals surface area contributed by atoms with Crippen LogP contribution in [-0.2, 0) is 4.79 Å². The molecular weight excluding hydrogens is 258 g/mol. The lowest BCUT2D eigenvalue weighted by atomic mass is 9.95. The van der Waals surface area contributed by atoms with Gasteiger partial charge < -0.3 is 4.90 Å². The molecule has 1 atom stereocenters. The van der Waals surface area contributed by atoms with E-state index in [-0.39, 0.29) is 18.2 Å². The van der Waals surface area contributed by atoms with E-state index in [1.165, 1.54) is 0 Å². The van der Waals surface area contributed by atoms with E-state index >= 15 is 0 Å². The number of amides is 1. The summed E-state index contributed by atoms with van der Waals surface area (Å²) >= 11 is 1.64. The normalized spacial score (nSPS) is 19.5. The Kier molecular flexibility index (Phi) is 4.09. The number of nitrogens with zero attached hydrogens (tertiary/aromatic N) is 1. The van der Waals surface area contributed by atoms with Gasteiger partial charge in [0, 0.05) is 28.3 Å². The molecule has 0 bridgehead atoms. The Labute approximate surface area is 118 Å². The van der Waals surface area contributed by atoms with Crippen LogP contribution in [0.1, 0.15) is 40.4 Å². The Balaban J connectivity index is 2.04. The van der Waals surface area contributed by atoms with Crippen molar-refractivity contribution in [3.63, 3.8) is 0 Å². The quantitative estimate of drug-likeness (QED) is 0.794. The number of thiophene rings is 1. The van der Waals surface area contributed by atoms with Gasteiger partial charge in [0.25, 0.3) is 0 Å². The van der Waals surface area contributed by atoms with Gasteiger partial charge in [-0.15, -0.1) is 11.3 Å². The molecule has 0 aliphatic carbocycles. The third-order valence-corrected chi connectivity index (χ3v) is 4.83. The first-order valence-corrected chi connectivity index (χ1v) is 7.58. The number of ketones is 1. The third-order valence-electron chi connectivity index (χ3n) is 3.86.